The monoisotopic (exact) mass is 320 g/mol. The number of aromatic nitrogens is 1. The fourth-order valence-electron chi connectivity index (χ4n) is 2.52. The molecule has 120 valence electrons. The maximum absolute atomic E-state index is 12.7. The van der Waals surface area contributed by atoms with Crippen LogP contribution in [0.5, 0.6) is 0 Å². The van der Waals surface area contributed by atoms with Crippen LogP contribution in [0.1, 0.15) is 16.8 Å². The molecule has 0 unspecified atom stereocenters. The summed E-state index contributed by atoms with van der Waals surface area (Å²) in [4.78, 5) is 1.90. The summed E-state index contributed by atoms with van der Waals surface area (Å²) in [5.74, 6) is 0. The Hall–Kier alpha value is -2.34. The molecule has 0 atom stereocenters. The molecule has 3 rings (SSSR count). The zero-order valence-corrected chi connectivity index (χ0v) is 12.5. The van der Waals surface area contributed by atoms with Gasteiger partial charge >= 0.3 is 6.18 Å². The van der Waals surface area contributed by atoms with E-state index in [2.05, 4.69) is 5.16 Å². The van der Waals surface area contributed by atoms with Gasteiger partial charge in [0.05, 0.1) is 5.56 Å². The van der Waals surface area contributed by atoms with Gasteiger partial charge in [0.15, 0.2) is 5.58 Å². The van der Waals surface area contributed by atoms with Crippen LogP contribution in [-0.4, -0.2) is 17.1 Å². The second-order valence-corrected chi connectivity index (χ2v) is 5.50. The minimum absolute atomic E-state index is 0.394. The summed E-state index contributed by atoms with van der Waals surface area (Å²) in [5, 5.41) is 4.96. The van der Waals surface area contributed by atoms with Crippen LogP contribution in [0.2, 0.25) is 0 Å². The van der Waals surface area contributed by atoms with Crippen LogP contribution in [0.4, 0.5) is 13.2 Å². The Morgan fingerprint density at radius 1 is 1.04 bits per heavy atom. The fourth-order valence-corrected chi connectivity index (χ4v) is 2.52. The van der Waals surface area contributed by atoms with Crippen molar-refractivity contribution in [3.63, 3.8) is 0 Å². The number of nitrogens with zero attached hydrogens (tertiary/aromatic N) is 2. The lowest BCUT2D eigenvalue weighted by atomic mass is 10.1. The van der Waals surface area contributed by atoms with E-state index >= 15 is 0 Å². The van der Waals surface area contributed by atoms with Gasteiger partial charge in [-0.1, -0.05) is 35.5 Å². The highest BCUT2D eigenvalue weighted by molar-refractivity contribution is 5.79. The van der Waals surface area contributed by atoms with Crippen molar-refractivity contribution in [1.29, 1.82) is 0 Å². The van der Waals surface area contributed by atoms with Gasteiger partial charge in [-0.05, 0) is 30.8 Å². The zero-order chi connectivity index (χ0) is 16.4. The molecule has 0 aliphatic carbocycles. The van der Waals surface area contributed by atoms with Crippen LogP contribution < -0.4 is 0 Å². The minimum atomic E-state index is -4.32. The molecule has 0 saturated carbocycles. The Balaban J connectivity index is 1.73. The quantitative estimate of drug-likeness (QED) is 0.710. The van der Waals surface area contributed by atoms with Crippen LogP contribution in [0.15, 0.2) is 53.1 Å². The molecule has 0 fully saturated rings. The molecule has 0 aliphatic rings. The molecule has 3 aromatic rings. The molecule has 23 heavy (non-hydrogen) atoms. The molecule has 0 aliphatic heterocycles. The van der Waals surface area contributed by atoms with E-state index < -0.39 is 11.7 Å². The van der Waals surface area contributed by atoms with E-state index in [-0.39, 0.29) is 0 Å². The summed E-state index contributed by atoms with van der Waals surface area (Å²) in [5.41, 5.74) is 1.45. The molecule has 1 heterocycles. The second-order valence-electron chi connectivity index (χ2n) is 5.50. The van der Waals surface area contributed by atoms with Gasteiger partial charge < -0.3 is 4.52 Å². The maximum atomic E-state index is 12.7. The van der Waals surface area contributed by atoms with E-state index in [0.717, 1.165) is 17.1 Å². The Kier molecular flexibility index (Phi) is 4.09. The normalized spacial score (nSPS) is 12.2. The van der Waals surface area contributed by atoms with E-state index in [0.29, 0.717) is 24.2 Å². The van der Waals surface area contributed by atoms with Gasteiger partial charge in [-0.25, -0.2) is 0 Å². The molecule has 1 aromatic heterocycles. The van der Waals surface area contributed by atoms with Crippen LogP contribution in [0.25, 0.3) is 11.0 Å². The van der Waals surface area contributed by atoms with Crippen LogP contribution >= 0.6 is 0 Å². The van der Waals surface area contributed by atoms with Crippen molar-refractivity contribution < 1.29 is 17.7 Å². The first-order chi connectivity index (χ1) is 10.9. The number of hydrogen-bond donors (Lipinski definition) is 0. The summed E-state index contributed by atoms with van der Waals surface area (Å²) < 4.78 is 43.5. The number of alkyl halides is 3. The summed E-state index contributed by atoms with van der Waals surface area (Å²) in [6.07, 6.45) is -4.32. The van der Waals surface area contributed by atoms with E-state index in [4.69, 9.17) is 4.52 Å². The SMILES string of the molecule is CN(Cc1cccc(C(F)(F)F)c1)Cc1noc2ccccc12. The largest absolute Gasteiger partial charge is 0.416 e. The standard InChI is InChI=1S/C17H15F3N2O/c1-22(10-12-5-4-6-13(9-12)17(18,19)20)11-15-14-7-2-3-8-16(14)23-21-15/h2-9H,10-11H2,1H3. The highest BCUT2D eigenvalue weighted by atomic mass is 19.4. The Morgan fingerprint density at radius 2 is 1.83 bits per heavy atom. The van der Waals surface area contributed by atoms with Crippen LogP contribution in [0.3, 0.4) is 0 Å². The second kappa shape index (κ2) is 6.04. The summed E-state index contributed by atoms with van der Waals surface area (Å²) in [7, 11) is 1.84. The number of para-hydroxylation sites is 1. The molecule has 3 nitrogen and oxygen atoms in total. The Bertz CT molecular complexity index is 811. The molecule has 0 N–H and O–H groups in total. The molecular weight excluding hydrogens is 305 g/mol. The Morgan fingerprint density at radius 3 is 2.61 bits per heavy atom. The van der Waals surface area contributed by atoms with Crippen molar-refractivity contribution in [2.24, 2.45) is 0 Å². The third-order valence-corrected chi connectivity index (χ3v) is 3.58. The van der Waals surface area contributed by atoms with E-state index in [9.17, 15) is 13.2 Å². The Labute approximate surface area is 131 Å². The van der Waals surface area contributed by atoms with Crippen molar-refractivity contribution in [3.8, 4) is 0 Å². The maximum Gasteiger partial charge on any atom is 0.416 e. The van der Waals surface area contributed by atoms with Crippen molar-refractivity contribution in [2.45, 2.75) is 19.3 Å². The average Bonchev–Trinajstić information content (AvgIpc) is 2.90. The van der Waals surface area contributed by atoms with Gasteiger partial charge in [0.25, 0.3) is 0 Å². The van der Waals surface area contributed by atoms with Gasteiger partial charge in [-0.3, -0.25) is 4.90 Å². The molecule has 0 amide bonds. The predicted molar refractivity (Wildman–Crippen MR) is 80.6 cm³/mol. The summed E-state index contributed by atoms with van der Waals surface area (Å²) >= 11 is 0. The highest BCUT2D eigenvalue weighted by Gasteiger charge is 2.30. The van der Waals surface area contributed by atoms with Crippen molar-refractivity contribution >= 4 is 11.0 Å². The smallest absolute Gasteiger partial charge is 0.356 e. The highest BCUT2D eigenvalue weighted by Crippen LogP contribution is 2.29. The molecular formula is C17H15F3N2O. The first kappa shape index (κ1) is 15.6. The fraction of sp³-hybridized carbons (Fsp3) is 0.235. The summed E-state index contributed by atoms with van der Waals surface area (Å²) in [6.45, 7) is 0.887. The van der Waals surface area contributed by atoms with Gasteiger partial charge in [0, 0.05) is 18.5 Å². The third-order valence-electron chi connectivity index (χ3n) is 3.58. The van der Waals surface area contributed by atoms with E-state index in [1.165, 1.54) is 12.1 Å². The number of benzene rings is 2. The van der Waals surface area contributed by atoms with E-state index in [1.54, 1.807) is 6.07 Å². The lowest BCUT2D eigenvalue weighted by Gasteiger charge is -2.16. The van der Waals surface area contributed by atoms with Crippen molar-refractivity contribution in [1.82, 2.24) is 10.1 Å². The average molecular weight is 320 g/mol. The lowest BCUT2D eigenvalue weighted by Crippen LogP contribution is -2.18. The number of halogens is 3. The number of hydrogen-bond acceptors (Lipinski definition) is 3. The van der Waals surface area contributed by atoms with Crippen LogP contribution in [0, 0.1) is 0 Å². The van der Waals surface area contributed by atoms with E-state index in [1.807, 2.05) is 36.2 Å². The van der Waals surface area contributed by atoms with Crippen LogP contribution in [-0.2, 0) is 19.3 Å². The minimum Gasteiger partial charge on any atom is -0.356 e. The molecule has 0 spiro atoms. The summed E-state index contributed by atoms with van der Waals surface area (Å²) in [6, 6.07) is 12.9. The predicted octanol–water partition coefficient (Wildman–Crippen LogP) is 4.48. The topological polar surface area (TPSA) is 29.3 Å². The van der Waals surface area contributed by atoms with Gasteiger partial charge in [0.2, 0.25) is 0 Å². The zero-order valence-electron chi connectivity index (χ0n) is 12.5. The first-order valence-corrected chi connectivity index (χ1v) is 7.11. The number of rotatable bonds is 4. The lowest BCUT2D eigenvalue weighted by molar-refractivity contribution is -0.137. The van der Waals surface area contributed by atoms with Gasteiger partial charge in [-0.15, -0.1) is 0 Å². The molecule has 6 heteroatoms. The van der Waals surface area contributed by atoms with Crippen molar-refractivity contribution in [3.05, 3.63) is 65.4 Å². The molecule has 0 radical (unpaired) electrons. The molecule has 2 aromatic carbocycles. The van der Waals surface area contributed by atoms with Gasteiger partial charge in [-0.2, -0.15) is 13.2 Å². The molecule has 0 saturated heterocycles. The first-order valence-electron chi connectivity index (χ1n) is 7.11. The van der Waals surface area contributed by atoms with Crippen molar-refractivity contribution in [2.75, 3.05) is 7.05 Å². The third kappa shape index (κ3) is 3.53. The number of fused-ring (bicyclic) bond motifs is 1. The molecule has 0 bridgehead atoms. The van der Waals surface area contributed by atoms with Gasteiger partial charge in [0.1, 0.15) is 5.69 Å².